The van der Waals surface area contributed by atoms with Crippen molar-refractivity contribution in [3.8, 4) is 11.5 Å². The zero-order chi connectivity index (χ0) is 24.7. The lowest BCUT2D eigenvalue weighted by Gasteiger charge is -2.25. The van der Waals surface area contributed by atoms with Crippen LogP contribution in [0, 0.1) is 17.0 Å². The molecule has 35 heavy (non-hydrogen) atoms. The van der Waals surface area contributed by atoms with Crippen molar-refractivity contribution in [2.45, 2.75) is 44.0 Å². The van der Waals surface area contributed by atoms with E-state index in [1.165, 1.54) is 5.56 Å². The highest BCUT2D eigenvalue weighted by Crippen LogP contribution is 2.50. The van der Waals surface area contributed by atoms with Gasteiger partial charge in [0.25, 0.3) is 11.9 Å². The van der Waals surface area contributed by atoms with Crippen molar-refractivity contribution in [3.05, 3.63) is 99.1 Å². The molecule has 0 aliphatic carbocycles. The van der Waals surface area contributed by atoms with Crippen LogP contribution < -0.4 is 20.1 Å². The second-order valence-corrected chi connectivity index (χ2v) is 9.18. The third-order valence-corrected chi connectivity index (χ3v) is 7.05. The fourth-order valence-corrected chi connectivity index (χ4v) is 5.41. The first-order chi connectivity index (χ1) is 16.8. The van der Waals surface area contributed by atoms with E-state index in [0.29, 0.717) is 34.9 Å². The molecule has 4 atom stereocenters. The zero-order valence-corrected chi connectivity index (χ0v) is 19.8. The molecule has 0 aromatic heterocycles. The van der Waals surface area contributed by atoms with Crippen molar-refractivity contribution in [3.63, 3.8) is 0 Å². The number of hydrogen-bond donors (Lipinski definition) is 2. The third-order valence-electron chi connectivity index (χ3n) is 7.05. The number of para-hydroxylation sites is 1. The fraction of sp³-hybridized carbons (Fsp3) is 0.296. The average molecular weight is 474 g/mol. The molecule has 2 N–H and O–H groups in total. The van der Waals surface area contributed by atoms with Gasteiger partial charge in [0.15, 0.2) is 17.0 Å². The minimum absolute atomic E-state index is 0.336. The van der Waals surface area contributed by atoms with Gasteiger partial charge in [-0.05, 0) is 43.2 Å². The maximum Gasteiger partial charge on any atom is 0.256 e. The molecular weight excluding hydrogens is 446 g/mol. The van der Waals surface area contributed by atoms with Gasteiger partial charge in [-0.1, -0.05) is 54.1 Å². The van der Waals surface area contributed by atoms with Gasteiger partial charge in [0.1, 0.15) is 6.61 Å². The Kier molecular flexibility index (Phi) is 5.68. The van der Waals surface area contributed by atoms with Crippen molar-refractivity contribution >= 4 is 11.6 Å². The second kappa shape index (κ2) is 8.70. The predicted octanol–water partition coefficient (Wildman–Crippen LogP) is 4.15. The van der Waals surface area contributed by atoms with Crippen LogP contribution in [0.1, 0.15) is 35.1 Å². The van der Waals surface area contributed by atoms with E-state index < -0.39 is 23.4 Å². The lowest BCUT2D eigenvalue weighted by atomic mass is 9.78. The van der Waals surface area contributed by atoms with Gasteiger partial charge in [-0.25, -0.2) is 0 Å². The summed E-state index contributed by atoms with van der Waals surface area (Å²) in [6, 6.07) is 19.0. The van der Waals surface area contributed by atoms with Crippen LogP contribution in [0.5, 0.6) is 11.5 Å². The number of carbonyl (C=O) groups is 1. The molecule has 1 spiro atoms. The first-order valence-corrected chi connectivity index (χ1v) is 11.5. The van der Waals surface area contributed by atoms with Gasteiger partial charge >= 0.3 is 0 Å². The van der Waals surface area contributed by atoms with E-state index in [4.69, 9.17) is 9.47 Å². The Morgan fingerprint density at radius 2 is 1.80 bits per heavy atom. The first kappa shape index (κ1) is 22.9. The van der Waals surface area contributed by atoms with Crippen molar-refractivity contribution in [1.29, 1.82) is 0 Å². The maximum atomic E-state index is 13.2. The number of methoxy groups -OCH3 is 1. The van der Waals surface area contributed by atoms with Gasteiger partial charge in [0.2, 0.25) is 0 Å². The summed E-state index contributed by atoms with van der Waals surface area (Å²) in [6.45, 7) is 4.27. The number of anilines is 1. The third kappa shape index (κ3) is 3.70. The number of ether oxygens (including phenoxy) is 2. The molecule has 1 saturated heterocycles. The Labute approximate surface area is 203 Å². The van der Waals surface area contributed by atoms with Crippen LogP contribution in [0.3, 0.4) is 0 Å². The monoisotopic (exact) mass is 473 g/mol. The number of carbonyl (C=O) groups excluding carboxylic acids is 1. The van der Waals surface area contributed by atoms with Gasteiger partial charge < -0.3 is 14.8 Å². The van der Waals surface area contributed by atoms with Gasteiger partial charge in [-0.3, -0.25) is 20.2 Å². The van der Waals surface area contributed by atoms with E-state index in [-0.39, 0.29) is 11.0 Å². The fourth-order valence-electron chi connectivity index (χ4n) is 5.41. The van der Waals surface area contributed by atoms with E-state index in [1.807, 2.05) is 44.2 Å². The van der Waals surface area contributed by atoms with Crippen molar-refractivity contribution in [2.75, 3.05) is 12.4 Å². The molecule has 0 saturated carbocycles. The molecule has 0 bridgehead atoms. The second-order valence-electron chi connectivity index (χ2n) is 9.18. The van der Waals surface area contributed by atoms with Gasteiger partial charge in [-0.15, -0.1) is 0 Å². The lowest BCUT2D eigenvalue weighted by Crippen LogP contribution is -2.54. The van der Waals surface area contributed by atoms with Crippen molar-refractivity contribution in [1.82, 2.24) is 5.32 Å². The number of aryl methyl sites for hydroxylation is 1. The molecule has 0 unspecified atom stereocenters. The molecule has 8 nitrogen and oxygen atoms in total. The topological polar surface area (TPSA) is 103 Å². The van der Waals surface area contributed by atoms with E-state index >= 15 is 0 Å². The molecule has 3 aromatic rings. The standard InChI is InChI=1S/C27H27N3O5/c1-16-8-10-18(11-9-16)15-35-22-13-12-19(14-23(22)34-3)24-17(2)29-27(25(24)30(32)33)20-6-4-5-7-21(20)28-26(27)31/h4-14,17,24-25,29H,15H2,1-3H3,(H,28,31)/t17-,24-,25+,27+/m0/s1. The normalized spacial score (nSPS) is 24.8. The highest BCUT2D eigenvalue weighted by atomic mass is 16.6. The van der Waals surface area contributed by atoms with Crippen LogP contribution in [0.15, 0.2) is 66.7 Å². The Morgan fingerprint density at radius 3 is 2.51 bits per heavy atom. The molecule has 1 amide bonds. The predicted molar refractivity (Wildman–Crippen MR) is 131 cm³/mol. The number of amides is 1. The van der Waals surface area contributed by atoms with E-state index in [9.17, 15) is 14.9 Å². The molecule has 2 aliphatic heterocycles. The van der Waals surface area contributed by atoms with Crippen molar-refractivity contribution < 1.29 is 19.2 Å². The average Bonchev–Trinajstić information content (AvgIpc) is 3.32. The number of nitrogens with zero attached hydrogens (tertiary/aromatic N) is 1. The Balaban J connectivity index is 1.48. The smallest absolute Gasteiger partial charge is 0.256 e. The van der Waals surface area contributed by atoms with E-state index in [2.05, 4.69) is 10.6 Å². The number of fused-ring (bicyclic) bond motifs is 2. The quantitative estimate of drug-likeness (QED) is 0.412. The summed E-state index contributed by atoms with van der Waals surface area (Å²) in [4.78, 5) is 25.3. The Hall–Kier alpha value is -3.91. The number of benzene rings is 3. The number of rotatable bonds is 6. The first-order valence-electron chi connectivity index (χ1n) is 11.5. The summed E-state index contributed by atoms with van der Waals surface area (Å²) in [5.41, 5.74) is 2.66. The van der Waals surface area contributed by atoms with E-state index in [0.717, 1.165) is 5.56 Å². The molecule has 2 aliphatic rings. The molecule has 1 fully saturated rings. The molecule has 3 aromatic carbocycles. The van der Waals surface area contributed by atoms with Crippen LogP contribution in [-0.2, 0) is 16.9 Å². The Morgan fingerprint density at radius 1 is 1.06 bits per heavy atom. The van der Waals surface area contributed by atoms with Crippen LogP contribution in [0.2, 0.25) is 0 Å². The summed E-state index contributed by atoms with van der Waals surface area (Å²) < 4.78 is 11.6. The minimum Gasteiger partial charge on any atom is -0.493 e. The van der Waals surface area contributed by atoms with Crippen molar-refractivity contribution in [2.24, 2.45) is 0 Å². The van der Waals surface area contributed by atoms with Crippen LogP contribution in [0.25, 0.3) is 0 Å². The maximum absolute atomic E-state index is 13.2. The molecule has 0 radical (unpaired) electrons. The van der Waals surface area contributed by atoms with Crippen LogP contribution in [-0.4, -0.2) is 30.0 Å². The number of nitrogens with one attached hydrogen (secondary N) is 2. The number of hydrogen-bond acceptors (Lipinski definition) is 6. The highest BCUT2D eigenvalue weighted by molar-refractivity contribution is 6.07. The largest absolute Gasteiger partial charge is 0.493 e. The molecule has 2 heterocycles. The van der Waals surface area contributed by atoms with Crippen LogP contribution in [0.4, 0.5) is 5.69 Å². The van der Waals surface area contributed by atoms with Gasteiger partial charge in [-0.2, -0.15) is 0 Å². The summed E-state index contributed by atoms with van der Waals surface area (Å²) in [5.74, 6) is 0.0645. The van der Waals surface area contributed by atoms with Gasteiger partial charge in [0.05, 0.1) is 13.0 Å². The zero-order valence-electron chi connectivity index (χ0n) is 19.8. The molecule has 180 valence electrons. The summed E-state index contributed by atoms with van der Waals surface area (Å²) >= 11 is 0. The molecule has 8 heteroatoms. The molecule has 5 rings (SSSR count). The summed E-state index contributed by atoms with van der Waals surface area (Å²) in [5, 5.41) is 18.6. The highest BCUT2D eigenvalue weighted by Gasteiger charge is 2.67. The summed E-state index contributed by atoms with van der Waals surface area (Å²) in [6.07, 6.45) is 0. The SMILES string of the molecule is COc1cc([C@@H]2[C@H](C)N[C@@]3(C(=O)Nc4ccccc43)[C@@H]2[N+](=O)[O-])ccc1OCc1ccc(C)cc1. The molecular formula is C27H27N3O5. The Bertz CT molecular complexity index is 1290. The van der Waals surface area contributed by atoms with Gasteiger partial charge in [0, 0.05) is 22.2 Å². The summed E-state index contributed by atoms with van der Waals surface area (Å²) in [7, 11) is 1.54. The van der Waals surface area contributed by atoms with Crippen LogP contribution >= 0.6 is 0 Å². The number of nitro groups is 1. The van der Waals surface area contributed by atoms with E-state index in [1.54, 1.807) is 43.5 Å². The minimum atomic E-state index is -1.45. The lowest BCUT2D eigenvalue weighted by molar-refractivity contribution is -0.532.